The molecule has 1 aromatic heterocycles. The molecule has 2 aromatic rings. The molecule has 6 nitrogen and oxygen atoms in total. The van der Waals surface area contributed by atoms with Crippen LogP contribution in [0, 0.1) is 0 Å². The SMILES string of the molecule is CN=C(NCc1cnn(-c2ccccc2)c1)NCC(C)(C)N1CCCCC1. The van der Waals surface area contributed by atoms with E-state index in [4.69, 9.17) is 0 Å². The largest absolute Gasteiger partial charge is 0.355 e. The number of nitrogens with zero attached hydrogens (tertiary/aromatic N) is 4. The average Bonchev–Trinajstić information content (AvgIpc) is 3.18. The molecule has 1 aliphatic heterocycles. The number of piperidine rings is 1. The van der Waals surface area contributed by atoms with Crippen molar-refractivity contribution >= 4 is 5.96 Å². The summed E-state index contributed by atoms with van der Waals surface area (Å²) in [7, 11) is 1.82. The zero-order chi connectivity index (χ0) is 19.1. The molecule has 0 atom stereocenters. The summed E-state index contributed by atoms with van der Waals surface area (Å²) >= 11 is 0. The van der Waals surface area contributed by atoms with Crippen LogP contribution in [0.3, 0.4) is 0 Å². The Balaban J connectivity index is 1.50. The maximum atomic E-state index is 4.45. The first-order valence-electron chi connectivity index (χ1n) is 9.87. The number of benzene rings is 1. The second-order valence-electron chi connectivity index (χ2n) is 7.77. The van der Waals surface area contributed by atoms with Crippen molar-refractivity contribution in [1.29, 1.82) is 0 Å². The Morgan fingerprint density at radius 1 is 1.11 bits per heavy atom. The lowest BCUT2D eigenvalue weighted by Gasteiger charge is -2.41. The zero-order valence-corrected chi connectivity index (χ0v) is 16.8. The highest BCUT2D eigenvalue weighted by Gasteiger charge is 2.27. The second-order valence-corrected chi connectivity index (χ2v) is 7.77. The van der Waals surface area contributed by atoms with Gasteiger partial charge in [0.25, 0.3) is 0 Å². The van der Waals surface area contributed by atoms with Gasteiger partial charge in [-0.2, -0.15) is 5.10 Å². The van der Waals surface area contributed by atoms with Crippen LogP contribution in [-0.4, -0.2) is 52.9 Å². The first-order chi connectivity index (χ1) is 13.1. The van der Waals surface area contributed by atoms with Gasteiger partial charge in [0.15, 0.2) is 5.96 Å². The molecule has 0 unspecified atom stereocenters. The van der Waals surface area contributed by atoms with Crippen molar-refractivity contribution in [2.75, 3.05) is 26.7 Å². The van der Waals surface area contributed by atoms with Gasteiger partial charge in [-0.15, -0.1) is 0 Å². The molecule has 2 heterocycles. The van der Waals surface area contributed by atoms with Crippen LogP contribution in [0.15, 0.2) is 47.7 Å². The quantitative estimate of drug-likeness (QED) is 0.608. The molecule has 1 fully saturated rings. The van der Waals surface area contributed by atoms with Crippen LogP contribution in [0.1, 0.15) is 38.7 Å². The molecular formula is C21H32N6. The molecule has 0 saturated carbocycles. The molecule has 0 bridgehead atoms. The van der Waals surface area contributed by atoms with E-state index in [-0.39, 0.29) is 5.54 Å². The summed E-state index contributed by atoms with van der Waals surface area (Å²) < 4.78 is 1.90. The fraction of sp³-hybridized carbons (Fsp3) is 0.524. The maximum absolute atomic E-state index is 4.45. The standard InChI is InChI=1S/C21H32N6/c1-21(2,26-12-8-5-9-13-26)17-24-20(22-3)23-14-18-15-25-27(16-18)19-10-6-4-7-11-19/h4,6-7,10-11,15-16H,5,8-9,12-14,17H2,1-3H3,(H2,22,23,24). The fourth-order valence-electron chi connectivity index (χ4n) is 3.49. The van der Waals surface area contributed by atoms with Crippen molar-refractivity contribution in [2.24, 2.45) is 4.99 Å². The minimum absolute atomic E-state index is 0.121. The van der Waals surface area contributed by atoms with E-state index < -0.39 is 0 Å². The van der Waals surface area contributed by atoms with Crippen molar-refractivity contribution in [2.45, 2.75) is 45.2 Å². The Kier molecular flexibility index (Phi) is 6.50. The number of likely N-dealkylation sites (tertiary alicyclic amines) is 1. The maximum Gasteiger partial charge on any atom is 0.191 e. The summed E-state index contributed by atoms with van der Waals surface area (Å²) in [5, 5.41) is 11.3. The Morgan fingerprint density at radius 2 is 1.85 bits per heavy atom. The van der Waals surface area contributed by atoms with Crippen LogP contribution < -0.4 is 10.6 Å². The molecule has 27 heavy (non-hydrogen) atoms. The Morgan fingerprint density at radius 3 is 2.56 bits per heavy atom. The summed E-state index contributed by atoms with van der Waals surface area (Å²) in [6.07, 6.45) is 7.92. The van der Waals surface area contributed by atoms with Crippen molar-refractivity contribution in [3.8, 4) is 5.69 Å². The van der Waals surface area contributed by atoms with Gasteiger partial charge in [0.1, 0.15) is 0 Å². The molecule has 6 heteroatoms. The zero-order valence-electron chi connectivity index (χ0n) is 16.8. The Hall–Kier alpha value is -2.34. The van der Waals surface area contributed by atoms with Crippen molar-refractivity contribution in [3.05, 3.63) is 48.3 Å². The minimum Gasteiger partial charge on any atom is -0.355 e. The fourth-order valence-corrected chi connectivity index (χ4v) is 3.49. The average molecular weight is 369 g/mol. The van der Waals surface area contributed by atoms with E-state index in [0.717, 1.165) is 23.8 Å². The summed E-state index contributed by atoms with van der Waals surface area (Å²) in [5.41, 5.74) is 2.31. The third-order valence-electron chi connectivity index (χ3n) is 5.24. The molecule has 0 radical (unpaired) electrons. The van der Waals surface area contributed by atoms with Crippen molar-refractivity contribution in [1.82, 2.24) is 25.3 Å². The van der Waals surface area contributed by atoms with E-state index in [2.05, 4.69) is 39.5 Å². The van der Waals surface area contributed by atoms with Crippen LogP contribution in [0.5, 0.6) is 0 Å². The summed E-state index contributed by atoms with van der Waals surface area (Å²) in [6, 6.07) is 10.1. The molecule has 2 N–H and O–H groups in total. The Labute approximate surface area is 162 Å². The van der Waals surface area contributed by atoms with Gasteiger partial charge in [-0.05, 0) is 51.9 Å². The number of guanidine groups is 1. The number of hydrogen-bond acceptors (Lipinski definition) is 3. The smallest absolute Gasteiger partial charge is 0.191 e. The molecular weight excluding hydrogens is 336 g/mol. The number of aliphatic imine (C=N–C) groups is 1. The monoisotopic (exact) mass is 368 g/mol. The highest BCUT2D eigenvalue weighted by Crippen LogP contribution is 2.19. The summed E-state index contributed by atoms with van der Waals surface area (Å²) in [6.45, 7) is 8.57. The molecule has 1 aromatic carbocycles. The number of aromatic nitrogens is 2. The normalized spacial score (nSPS) is 16.3. The van der Waals surface area contributed by atoms with E-state index in [9.17, 15) is 0 Å². The van der Waals surface area contributed by atoms with Gasteiger partial charge in [0, 0.05) is 37.4 Å². The van der Waals surface area contributed by atoms with Crippen molar-refractivity contribution < 1.29 is 0 Å². The number of rotatable bonds is 6. The van der Waals surface area contributed by atoms with E-state index in [0.29, 0.717) is 6.54 Å². The highest BCUT2D eigenvalue weighted by atomic mass is 15.3. The topological polar surface area (TPSA) is 57.5 Å². The number of hydrogen-bond donors (Lipinski definition) is 2. The molecule has 3 rings (SSSR count). The summed E-state index contributed by atoms with van der Waals surface area (Å²) in [4.78, 5) is 6.95. The molecule has 1 saturated heterocycles. The van der Waals surface area contributed by atoms with Crippen LogP contribution >= 0.6 is 0 Å². The third kappa shape index (κ3) is 5.32. The van der Waals surface area contributed by atoms with Crippen LogP contribution in [0.25, 0.3) is 5.69 Å². The molecule has 0 aliphatic carbocycles. The van der Waals surface area contributed by atoms with E-state index >= 15 is 0 Å². The van der Waals surface area contributed by atoms with Crippen LogP contribution in [0.4, 0.5) is 0 Å². The van der Waals surface area contributed by atoms with E-state index in [1.54, 1.807) is 0 Å². The first kappa shape index (κ1) is 19.4. The van der Waals surface area contributed by atoms with Crippen LogP contribution in [0.2, 0.25) is 0 Å². The van der Waals surface area contributed by atoms with Gasteiger partial charge < -0.3 is 10.6 Å². The second kappa shape index (κ2) is 9.04. The summed E-state index contributed by atoms with van der Waals surface area (Å²) in [5.74, 6) is 0.826. The third-order valence-corrected chi connectivity index (χ3v) is 5.24. The minimum atomic E-state index is 0.121. The molecule has 1 aliphatic rings. The predicted octanol–water partition coefficient (Wildman–Crippen LogP) is 2.80. The molecule has 146 valence electrons. The lowest BCUT2D eigenvalue weighted by Crippen LogP contribution is -2.54. The van der Waals surface area contributed by atoms with Gasteiger partial charge in [-0.25, -0.2) is 4.68 Å². The molecule has 0 amide bonds. The van der Waals surface area contributed by atoms with Gasteiger partial charge in [-0.3, -0.25) is 9.89 Å². The Bertz CT molecular complexity index is 728. The van der Waals surface area contributed by atoms with Gasteiger partial charge in [0.05, 0.1) is 11.9 Å². The lowest BCUT2D eigenvalue weighted by atomic mass is 9.98. The van der Waals surface area contributed by atoms with E-state index in [1.807, 2.05) is 54.5 Å². The van der Waals surface area contributed by atoms with E-state index in [1.165, 1.54) is 32.4 Å². The highest BCUT2D eigenvalue weighted by molar-refractivity contribution is 5.79. The number of para-hydroxylation sites is 1. The van der Waals surface area contributed by atoms with Gasteiger partial charge in [0.2, 0.25) is 0 Å². The number of nitrogens with one attached hydrogen (secondary N) is 2. The first-order valence-corrected chi connectivity index (χ1v) is 9.87. The van der Waals surface area contributed by atoms with Crippen molar-refractivity contribution in [3.63, 3.8) is 0 Å². The predicted molar refractivity (Wildman–Crippen MR) is 111 cm³/mol. The lowest BCUT2D eigenvalue weighted by molar-refractivity contribution is 0.0982. The van der Waals surface area contributed by atoms with Gasteiger partial charge in [-0.1, -0.05) is 24.6 Å². The molecule has 0 spiro atoms. The van der Waals surface area contributed by atoms with Gasteiger partial charge >= 0.3 is 0 Å². The van der Waals surface area contributed by atoms with Crippen LogP contribution in [-0.2, 0) is 6.54 Å².